The zero-order valence-corrected chi connectivity index (χ0v) is 10.8. The summed E-state index contributed by atoms with van der Waals surface area (Å²) in [4.78, 5) is 1.45. The molecular formula is C12H16N2S2. The van der Waals surface area contributed by atoms with Crippen LogP contribution >= 0.6 is 22.7 Å². The molecule has 3 rings (SSSR count). The van der Waals surface area contributed by atoms with Gasteiger partial charge in [-0.1, -0.05) is 0 Å². The third-order valence-corrected chi connectivity index (χ3v) is 4.90. The van der Waals surface area contributed by atoms with Crippen LogP contribution in [0.5, 0.6) is 0 Å². The van der Waals surface area contributed by atoms with Crippen LogP contribution in [0.25, 0.3) is 9.40 Å². The van der Waals surface area contributed by atoms with Crippen LogP contribution in [0.15, 0.2) is 17.5 Å². The van der Waals surface area contributed by atoms with E-state index in [0.29, 0.717) is 0 Å². The summed E-state index contributed by atoms with van der Waals surface area (Å²) in [5, 5.41) is 9.16. The average molecular weight is 252 g/mol. The Morgan fingerprint density at radius 1 is 1.25 bits per heavy atom. The minimum absolute atomic E-state index is 0.828. The molecule has 1 aliphatic rings. The Morgan fingerprint density at radius 3 is 3.00 bits per heavy atom. The summed E-state index contributed by atoms with van der Waals surface area (Å²) >= 11 is 3.74. The van der Waals surface area contributed by atoms with Gasteiger partial charge in [0.05, 0.1) is 0 Å². The molecule has 4 heteroatoms. The highest BCUT2D eigenvalue weighted by Gasteiger charge is 2.19. The quantitative estimate of drug-likeness (QED) is 0.773. The second kappa shape index (κ2) is 4.84. The van der Waals surface area contributed by atoms with Gasteiger partial charge in [0.15, 0.2) is 0 Å². The average Bonchev–Trinajstić information content (AvgIpc) is 2.85. The first kappa shape index (κ1) is 10.7. The molecule has 0 spiro atoms. The third kappa shape index (κ3) is 2.63. The van der Waals surface area contributed by atoms with Crippen LogP contribution in [0, 0.1) is 0 Å². The lowest BCUT2D eigenvalue weighted by Crippen LogP contribution is -2.28. The normalized spacial score (nSPS) is 16.0. The summed E-state index contributed by atoms with van der Waals surface area (Å²) in [5.41, 5.74) is 0. The third-order valence-electron chi connectivity index (χ3n) is 2.80. The van der Waals surface area contributed by atoms with E-state index in [1.807, 2.05) is 22.7 Å². The Kier molecular flexibility index (Phi) is 3.24. The topological polar surface area (TPSA) is 24.1 Å². The molecule has 0 aliphatic heterocycles. The van der Waals surface area contributed by atoms with E-state index in [9.17, 15) is 0 Å². The highest BCUT2D eigenvalue weighted by Crippen LogP contribution is 2.29. The van der Waals surface area contributed by atoms with Crippen LogP contribution in [0.3, 0.4) is 0 Å². The zero-order valence-electron chi connectivity index (χ0n) is 9.16. The minimum atomic E-state index is 0.828. The van der Waals surface area contributed by atoms with Crippen LogP contribution in [0.4, 0.5) is 0 Å². The van der Waals surface area contributed by atoms with Crippen molar-refractivity contribution in [3.05, 3.63) is 22.4 Å². The first-order valence-electron chi connectivity index (χ1n) is 5.82. The maximum absolute atomic E-state index is 3.51. The summed E-state index contributed by atoms with van der Waals surface area (Å²) in [5.74, 6) is 0. The molecule has 0 saturated heterocycles. The van der Waals surface area contributed by atoms with Gasteiger partial charge in [0, 0.05) is 40.0 Å². The van der Waals surface area contributed by atoms with Crippen molar-refractivity contribution in [3.63, 3.8) is 0 Å². The van der Waals surface area contributed by atoms with Crippen molar-refractivity contribution < 1.29 is 0 Å². The number of hydrogen-bond acceptors (Lipinski definition) is 4. The van der Waals surface area contributed by atoms with Gasteiger partial charge in [-0.2, -0.15) is 0 Å². The van der Waals surface area contributed by atoms with Gasteiger partial charge in [-0.15, -0.1) is 22.7 Å². The van der Waals surface area contributed by atoms with Gasteiger partial charge < -0.3 is 10.6 Å². The molecule has 1 saturated carbocycles. The van der Waals surface area contributed by atoms with Crippen LogP contribution in [-0.2, 0) is 6.54 Å². The molecule has 2 heterocycles. The summed E-state index contributed by atoms with van der Waals surface area (Å²) in [6, 6.07) is 5.35. The highest BCUT2D eigenvalue weighted by atomic mass is 32.1. The number of rotatable bonds is 6. The molecule has 2 nitrogen and oxygen atoms in total. The molecule has 2 aromatic heterocycles. The molecule has 16 heavy (non-hydrogen) atoms. The molecule has 0 bridgehead atoms. The number of thiophene rings is 2. The van der Waals surface area contributed by atoms with Gasteiger partial charge >= 0.3 is 0 Å². The smallest absolute Gasteiger partial charge is 0.0453 e. The van der Waals surface area contributed by atoms with Crippen molar-refractivity contribution in [2.75, 3.05) is 13.1 Å². The zero-order chi connectivity index (χ0) is 10.8. The molecular weight excluding hydrogens is 236 g/mol. The van der Waals surface area contributed by atoms with Crippen molar-refractivity contribution in [2.24, 2.45) is 0 Å². The molecule has 0 atom stereocenters. The first-order valence-corrected chi connectivity index (χ1v) is 7.51. The van der Waals surface area contributed by atoms with Crippen molar-refractivity contribution in [3.8, 4) is 0 Å². The molecule has 0 radical (unpaired) electrons. The number of nitrogens with one attached hydrogen (secondary N) is 2. The minimum Gasteiger partial charge on any atom is -0.313 e. The Balaban J connectivity index is 1.42. The standard InChI is InChI=1S/C12H16N2S2/c1-2-9(1)14-5-4-13-8-10-7-12-11(16-10)3-6-15-12/h3,6-7,9,13-14H,1-2,4-5,8H2. The maximum atomic E-state index is 3.51. The lowest BCUT2D eigenvalue weighted by molar-refractivity contribution is 0.611. The van der Waals surface area contributed by atoms with Gasteiger partial charge in [-0.3, -0.25) is 0 Å². The second-order valence-electron chi connectivity index (χ2n) is 4.27. The van der Waals surface area contributed by atoms with E-state index in [-0.39, 0.29) is 0 Å². The molecule has 0 amide bonds. The van der Waals surface area contributed by atoms with E-state index in [4.69, 9.17) is 0 Å². The van der Waals surface area contributed by atoms with E-state index in [0.717, 1.165) is 25.7 Å². The Morgan fingerprint density at radius 2 is 2.19 bits per heavy atom. The Hall–Kier alpha value is -0.420. The molecule has 0 unspecified atom stereocenters. The number of hydrogen-bond donors (Lipinski definition) is 2. The van der Waals surface area contributed by atoms with E-state index in [2.05, 4.69) is 28.1 Å². The molecule has 1 fully saturated rings. The van der Waals surface area contributed by atoms with Crippen molar-refractivity contribution in [1.82, 2.24) is 10.6 Å². The predicted molar refractivity (Wildman–Crippen MR) is 72.4 cm³/mol. The predicted octanol–water partition coefficient (Wildman–Crippen LogP) is 2.80. The van der Waals surface area contributed by atoms with E-state index >= 15 is 0 Å². The van der Waals surface area contributed by atoms with Crippen LogP contribution < -0.4 is 10.6 Å². The fourth-order valence-electron chi connectivity index (χ4n) is 1.77. The summed E-state index contributed by atoms with van der Waals surface area (Å²) < 4.78 is 2.86. The van der Waals surface area contributed by atoms with Crippen LogP contribution in [0.2, 0.25) is 0 Å². The highest BCUT2D eigenvalue weighted by molar-refractivity contribution is 7.26. The fraction of sp³-hybridized carbons (Fsp3) is 0.500. The molecule has 0 aromatic carbocycles. The fourth-order valence-corrected chi connectivity index (χ4v) is 3.87. The van der Waals surface area contributed by atoms with E-state index in [1.54, 1.807) is 0 Å². The van der Waals surface area contributed by atoms with Gasteiger partial charge in [-0.05, 0) is 30.4 Å². The second-order valence-corrected chi connectivity index (χ2v) is 6.38. The maximum Gasteiger partial charge on any atom is 0.0453 e. The molecule has 1 aliphatic carbocycles. The van der Waals surface area contributed by atoms with Crippen LogP contribution in [0.1, 0.15) is 17.7 Å². The summed E-state index contributed by atoms with van der Waals surface area (Å²) in [7, 11) is 0. The van der Waals surface area contributed by atoms with Crippen molar-refractivity contribution in [1.29, 1.82) is 0 Å². The van der Waals surface area contributed by atoms with E-state index < -0.39 is 0 Å². The first-order chi connectivity index (χ1) is 7.92. The Labute approximate surface area is 104 Å². The van der Waals surface area contributed by atoms with Crippen LogP contribution in [-0.4, -0.2) is 19.1 Å². The van der Waals surface area contributed by atoms with Gasteiger partial charge in [0.1, 0.15) is 0 Å². The summed E-state index contributed by atoms with van der Waals surface area (Å²) in [6.07, 6.45) is 2.75. The van der Waals surface area contributed by atoms with Gasteiger partial charge in [0.25, 0.3) is 0 Å². The van der Waals surface area contributed by atoms with Gasteiger partial charge in [0.2, 0.25) is 0 Å². The number of fused-ring (bicyclic) bond motifs is 1. The summed E-state index contributed by atoms with van der Waals surface area (Å²) in [6.45, 7) is 3.19. The Bertz CT molecular complexity index is 428. The molecule has 2 aromatic rings. The SMILES string of the molecule is c1cc2sc(CNCCNC3CC3)cc2s1. The monoisotopic (exact) mass is 252 g/mol. The lowest BCUT2D eigenvalue weighted by Gasteiger charge is -2.03. The van der Waals surface area contributed by atoms with Crippen molar-refractivity contribution >= 4 is 32.1 Å². The molecule has 2 N–H and O–H groups in total. The van der Waals surface area contributed by atoms with Crippen molar-refractivity contribution in [2.45, 2.75) is 25.4 Å². The lowest BCUT2D eigenvalue weighted by atomic mass is 10.4. The molecule has 86 valence electrons. The largest absolute Gasteiger partial charge is 0.313 e. The van der Waals surface area contributed by atoms with E-state index in [1.165, 1.54) is 27.1 Å². The van der Waals surface area contributed by atoms with Gasteiger partial charge in [-0.25, -0.2) is 0 Å².